The van der Waals surface area contributed by atoms with E-state index in [0.717, 1.165) is 57.8 Å². The number of carbonyl (C=O) groups excluding carboxylic acids is 2. The molecule has 2 saturated heterocycles. The zero-order valence-electron chi connectivity index (χ0n) is 17.1. The molecular formula is C22H28F3N3O2. The number of piperazine rings is 1. The Hall–Kier alpha value is -2.09. The Kier molecular flexibility index (Phi) is 5.79. The van der Waals surface area contributed by atoms with Crippen molar-refractivity contribution in [3.8, 4) is 0 Å². The summed E-state index contributed by atoms with van der Waals surface area (Å²) in [5.74, 6) is -0.00404. The van der Waals surface area contributed by atoms with E-state index in [2.05, 4.69) is 4.90 Å². The van der Waals surface area contributed by atoms with Crippen molar-refractivity contribution in [1.29, 1.82) is 0 Å². The van der Waals surface area contributed by atoms with E-state index in [4.69, 9.17) is 0 Å². The fourth-order valence-electron chi connectivity index (χ4n) is 5.09. The third-order valence-electron chi connectivity index (χ3n) is 6.82. The molecule has 2 aliphatic heterocycles. The first-order valence-electron chi connectivity index (χ1n) is 10.8. The highest BCUT2D eigenvalue weighted by Crippen LogP contribution is 2.46. The van der Waals surface area contributed by atoms with Gasteiger partial charge in [0.25, 0.3) is 0 Å². The van der Waals surface area contributed by atoms with Gasteiger partial charge in [0.05, 0.1) is 11.0 Å². The first-order chi connectivity index (χ1) is 14.3. The van der Waals surface area contributed by atoms with Crippen molar-refractivity contribution in [2.75, 3.05) is 44.2 Å². The van der Waals surface area contributed by atoms with Crippen LogP contribution in [0.25, 0.3) is 0 Å². The van der Waals surface area contributed by atoms with Gasteiger partial charge in [-0.1, -0.05) is 18.9 Å². The number of benzene rings is 1. The van der Waals surface area contributed by atoms with Crippen LogP contribution in [0.3, 0.4) is 0 Å². The van der Waals surface area contributed by atoms with Gasteiger partial charge < -0.3 is 4.90 Å². The lowest BCUT2D eigenvalue weighted by molar-refractivity contribution is -0.141. The fourth-order valence-corrected chi connectivity index (χ4v) is 5.09. The third-order valence-corrected chi connectivity index (χ3v) is 6.82. The Morgan fingerprint density at radius 2 is 1.67 bits per heavy atom. The number of carbonyl (C=O) groups is 2. The van der Waals surface area contributed by atoms with Crippen LogP contribution in [0.15, 0.2) is 24.3 Å². The van der Waals surface area contributed by atoms with E-state index in [1.165, 1.54) is 17.0 Å². The van der Waals surface area contributed by atoms with Gasteiger partial charge in [0, 0.05) is 44.8 Å². The monoisotopic (exact) mass is 423 g/mol. The number of anilines is 1. The quantitative estimate of drug-likeness (QED) is 0.680. The number of alkyl halides is 3. The summed E-state index contributed by atoms with van der Waals surface area (Å²) < 4.78 is 38.8. The SMILES string of the molecule is O=C1CC2(CCCC2)C(=O)N1CCCN1CCN(c2cccc(C(F)(F)F)c2)CC1. The lowest BCUT2D eigenvalue weighted by atomic mass is 9.84. The molecule has 164 valence electrons. The van der Waals surface area contributed by atoms with Crippen LogP contribution in [0.2, 0.25) is 0 Å². The number of hydrogen-bond acceptors (Lipinski definition) is 4. The van der Waals surface area contributed by atoms with Crippen molar-refractivity contribution in [2.45, 2.75) is 44.7 Å². The van der Waals surface area contributed by atoms with Gasteiger partial charge in [-0.3, -0.25) is 19.4 Å². The zero-order valence-corrected chi connectivity index (χ0v) is 17.1. The third kappa shape index (κ3) is 4.19. The molecule has 3 aliphatic rings. The number of amides is 2. The van der Waals surface area contributed by atoms with Crippen molar-refractivity contribution < 1.29 is 22.8 Å². The smallest absolute Gasteiger partial charge is 0.369 e. The lowest BCUT2D eigenvalue weighted by Crippen LogP contribution is -2.47. The summed E-state index contributed by atoms with van der Waals surface area (Å²) in [4.78, 5) is 30.7. The second-order valence-electron chi connectivity index (χ2n) is 8.75. The number of likely N-dealkylation sites (tertiary alicyclic amines) is 1. The van der Waals surface area contributed by atoms with Gasteiger partial charge in [0.15, 0.2) is 0 Å². The van der Waals surface area contributed by atoms with Crippen molar-refractivity contribution in [1.82, 2.24) is 9.80 Å². The fraction of sp³-hybridized carbons (Fsp3) is 0.636. The predicted molar refractivity (Wildman–Crippen MR) is 107 cm³/mol. The molecule has 4 rings (SSSR count). The van der Waals surface area contributed by atoms with Gasteiger partial charge in [0.1, 0.15) is 0 Å². The molecule has 2 heterocycles. The first-order valence-corrected chi connectivity index (χ1v) is 10.8. The molecule has 0 radical (unpaired) electrons. The van der Waals surface area contributed by atoms with Crippen molar-refractivity contribution in [3.63, 3.8) is 0 Å². The summed E-state index contributed by atoms with van der Waals surface area (Å²) in [6.45, 7) is 4.07. The van der Waals surface area contributed by atoms with Crippen molar-refractivity contribution >= 4 is 17.5 Å². The van der Waals surface area contributed by atoms with E-state index in [-0.39, 0.29) is 11.8 Å². The van der Waals surface area contributed by atoms with Crippen LogP contribution in [-0.4, -0.2) is 60.9 Å². The number of halogens is 3. The van der Waals surface area contributed by atoms with Crippen LogP contribution in [0, 0.1) is 5.41 Å². The Balaban J connectivity index is 1.24. The second kappa shape index (κ2) is 8.21. The molecule has 0 unspecified atom stereocenters. The number of rotatable bonds is 5. The molecular weight excluding hydrogens is 395 g/mol. The van der Waals surface area contributed by atoms with Gasteiger partial charge in [-0.2, -0.15) is 13.2 Å². The molecule has 2 amide bonds. The minimum atomic E-state index is -4.33. The average Bonchev–Trinajstić information content (AvgIpc) is 3.28. The molecule has 1 aromatic rings. The number of nitrogens with zero attached hydrogens (tertiary/aromatic N) is 3. The molecule has 3 fully saturated rings. The number of imide groups is 1. The lowest BCUT2D eigenvalue weighted by Gasteiger charge is -2.36. The summed E-state index contributed by atoms with van der Waals surface area (Å²) in [5.41, 5.74) is -0.435. The minimum absolute atomic E-state index is 0.0272. The van der Waals surface area contributed by atoms with Crippen LogP contribution in [0.5, 0.6) is 0 Å². The molecule has 30 heavy (non-hydrogen) atoms. The van der Waals surface area contributed by atoms with Crippen LogP contribution in [-0.2, 0) is 15.8 Å². The highest BCUT2D eigenvalue weighted by Gasteiger charge is 2.52. The summed E-state index contributed by atoms with van der Waals surface area (Å²) in [5, 5.41) is 0. The molecule has 1 saturated carbocycles. The molecule has 0 atom stereocenters. The highest BCUT2D eigenvalue weighted by molar-refractivity contribution is 6.06. The van der Waals surface area contributed by atoms with Gasteiger partial charge >= 0.3 is 6.18 Å². The molecule has 1 aliphatic carbocycles. The van der Waals surface area contributed by atoms with E-state index in [1.54, 1.807) is 6.07 Å². The van der Waals surface area contributed by atoms with Gasteiger partial charge in [-0.15, -0.1) is 0 Å². The largest absolute Gasteiger partial charge is 0.416 e. The van der Waals surface area contributed by atoms with Crippen LogP contribution in [0.1, 0.15) is 44.1 Å². The summed E-state index contributed by atoms with van der Waals surface area (Å²) >= 11 is 0. The van der Waals surface area contributed by atoms with Gasteiger partial charge in [-0.25, -0.2) is 0 Å². The standard InChI is InChI=1S/C22H28F3N3O2/c23-22(24,25)17-5-3-6-18(15-17)27-13-11-26(12-14-27)9-4-10-28-19(29)16-21(20(28)30)7-1-2-8-21/h3,5-6,15H,1-2,4,7-14,16H2. The maximum atomic E-state index is 12.9. The van der Waals surface area contributed by atoms with E-state index >= 15 is 0 Å². The predicted octanol–water partition coefficient (Wildman–Crippen LogP) is 3.54. The van der Waals surface area contributed by atoms with Gasteiger partial charge in [-0.05, 0) is 44.0 Å². The topological polar surface area (TPSA) is 43.9 Å². The van der Waals surface area contributed by atoms with Crippen molar-refractivity contribution in [3.05, 3.63) is 29.8 Å². The molecule has 5 nitrogen and oxygen atoms in total. The van der Waals surface area contributed by atoms with E-state index < -0.39 is 17.2 Å². The summed E-state index contributed by atoms with van der Waals surface area (Å²) in [6, 6.07) is 5.47. The Bertz CT molecular complexity index is 797. The maximum Gasteiger partial charge on any atom is 0.416 e. The number of hydrogen-bond donors (Lipinski definition) is 0. The van der Waals surface area contributed by atoms with E-state index in [1.807, 2.05) is 4.90 Å². The molecule has 1 spiro atoms. The van der Waals surface area contributed by atoms with Crippen LogP contribution < -0.4 is 4.90 Å². The second-order valence-corrected chi connectivity index (χ2v) is 8.75. The minimum Gasteiger partial charge on any atom is -0.369 e. The van der Waals surface area contributed by atoms with Gasteiger partial charge in [0.2, 0.25) is 11.8 Å². The Labute approximate surface area is 174 Å². The Morgan fingerprint density at radius 1 is 0.967 bits per heavy atom. The first kappa shape index (κ1) is 21.2. The molecule has 0 N–H and O–H groups in total. The highest BCUT2D eigenvalue weighted by atomic mass is 19.4. The summed E-state index contributed by atoms with van der Waals surface area (Å²) in [7, 11) is 0. The van der Waals surface area contributed by atoms with Crippen molar-refractivity contribution in [2.24, 2.45) is 5.41 Å². The average molecular weight is 423 g/mol. The molecule has 8 heteroatoms. The van der Waals surface area contributed by atoms with Crippen LogP contribution in [0.4, 0.5) is 18.9 Å². The van der Waals surface area contributed by atoms with E-state index in [0.29, 0.717) is 31.7 Å². The zero-order chi connectivity index (χ0) is 21.4. The molecule has 1 aromatic carbocycles. The van der Waals surface area contributed by atoms with E-state index in [9.17, 15) is 22.8 Å². The molecule has 0 aromatic heterocycles. The maximum absolute atomic E-state index is 12.9. The normalized spacial score (nSPS) is 22.5. The van der Waals surface area contributed by atoms with Crippen LogP contribution >= 0.6 is 0 Å². The molecule has 0 bridgehead atoms. The Morgan fingerprint density at radius 3 is 2.33 bits per heavy atom. The summed E-state index contributed by atoms with van der Waals surface area (Å²) in [6.07, 6.45) is 0.515.